The lowest BCUT2D eigenvalue weighted by Gasteiger charge is -2.55. The molecule has 7 nitrogen and oxygen atoms in total. The van der Waals surface area contributed by atoms with Crippen molar-refractivity contribution in [3.8, 4) is 0 Å². The van der Waals surface area contributed by atoms with E-state index in [0.29, 0.717) is 11.0 Å². The lowest BCUT2D eigenvalue weighted by Crippen LogP contribution is -2.66. The number of rotatable bonds is 4. The molecule has 0 N–H and O–H groups in total. The molecular weight excluding hydrogens is 426 g/mol. The van der Waals surface area contributed by atoms with Crippen LogP contribution in [0.1, 0.15) is 46.5 Å². The lowest BCUT2D eigenvalue weighted by atomic mass is 9.78. The SMILES string of the molecule is CSc1nc(N2CC3(COC3)C2)cc(N(C(=O)OC(C)(C)C)C2CCC(F)(F)CC2)n1. The summed E-state index contributed by atoms with van der Waals surface area (Å²) in [5.41, 5.74) is -0.495. The van der Waals surface area contributed by atoms with Gasteiger partial charge in [-0.1, -0.05) is 11.8 Å². The number of alkyl halides is 2. The van der Waals surface area contributed by atoms with Crippen molar-refractivity contribution < 1.29 is 23.0 Å². The first-order chi connectivity index (χ1) is 14.5. The molecule has 172 valence electrons. The number of aromatic nitrogens is 2. The highest BCUT2D eigenvalue weighted by Gasteiger charge is 2.50. The van der Waals surface area contributed by atoms with Crippen LogP contribution in [-0.4, -0.2) is 66.2 Å². The van der Waals surface area contributed by atoms with Gasteiger partial charge in [0.1, 0.15) is 17.2 Å². The highest BCUT2D eigenvalue weighted by atomic mass is 32.2. The summed E-state index contributed by atoms with van der Waals surface area (Å²) in [5, 5.41) is 0.535. The largest absolute Gasteiger partial charge is 0.443 e. The van der Waals surface area contributed by atoms with E-state index in [9.17, 15) is 13.6 Å². The van der Waals surface area contributed by atoms with E-state index in [1.54, 1.807) is 26.8 Å². The van der Waals surface area contributed by atoms with Gasteiger partial charge in [0.25, 0.3) is 0 Å². The first kappa shape index (κ1) is 22.5. The van der Waals surface area contributed by atoms with E-state index in [0.717, 1.165) is 32.1 Å². The summed E-state index contributed by atoms with van der Waals surface area (Å²) in [6.45, 7) is 8.58. The van der Waals surface area contributed by atoms with Crippen molar-refractivity contribution in [3.05, 3.63) is 6.07 Å². The number of hydrogen-bond acceptors (Lipinski definition) is 7. The summed E-state index contributed by atoms with van der Waals surface area (Å²) < 4.78 is 38.6. The Bertz CT molecular complexity index is 826. The Hall–Kier alpha value is -1.68. The smallest absolute Gasteiger partial charge is 0.416 e. The van der Waals surface area contributed by atoms with Crippen molar-refractivity contribution in [2.45, 2.75) is 69.2 Å². The Morgan fingerprint density at radius 3 is 2.42 bits per heavy atom. The van der Waals surface area contributed by atoms with Gasteiger partial charge in [-0.05, 0) is 39.9 Å². The zero-order valence-corrected chi connectivity index (χ0v) is 19.3. The van der Waals surface area contributed by atoms with E-state index in [2.05, 4.69) is 14.9 Å². The topological polar surface area (TPSA) is 67.8 Å². The summed E-state index contributed by atoms with van der Waals surface area (Å²) in [6.07, 6.45) is 1.21. The average molecular weight is 457 g/mol. The molecule has 0 bridgehead atoms. The third-order valence-electron chi connectivity index (χ3n) is 5.94. The predicted molar refractivity (Wildman–Crippen MR) is 115 cm³/mol. The molecule has 1 spiro atoms. The molecule has 4 rings (SSSR count). The first-order valence-corrected chi connectivity index (χ1v) is 11.9. The van der Waals surface area contributed by atoms with Crippen LogP contribution in [0.5, 0.6) is 0 Å². The van der Waals surface area contributed by atoms with Crippen molar-refractivity contribution in [2.24, 2.45) is 5.41 Å². The highest BCUT2D eigenvalue weighted by Crippen LogP contribution is 2.41. The molecule has 0 aromatic carbocycles. The Balaban J connectivity index is 1.63. The van der Waals surface area contributed by atoms with Crippen LogP contribution >= 0.6 is 11.8 Å². The molecule has 0 atom stereocenters. The van der Waals surface area contributed by atoms with Gasteiger partial charge in [-0.25, -0.2) is 23.5 Å². The quantitative estimate of drug-likeness (QED) is 0.493. The van der Waals surface area contributed by atoms with Gasteiger partial charge < -0.3 is 14.4 Å². The van der Waals surface area contributed by atoms with Gasteiger partial charge in [-0.15, -0.1) is 0 Å². The normalized spacial score (nSPS) is 22.6. The molecule has 3 heterocycles. The second kappa shape index (κ2) is 8.03. The van der Waals surface area contributed by atoms with E-state index in [4.69, 9.17) is 9.47 Å². The fraction of sp³-hybridized carbons (Fsp3) is 0.762. The number of nitrogens with zero attached hydrogens (tertiary/aromatic N) is 4. The fourth-order valence-corrected chi connectivity index (χ4v) is 4.67. The minimum atomic E-state index is -2.69. The van der Waals surface area contributed by atoms with Crippen LogP contribution < -0.4 is 9.80 Å². The van der Waals surface area contributed by atoms with Gasteiger partial charge in [0.2, 0.25) is 5.92 Å². The maximum atomic E-state index is 13.8. The van der Waals surface area contributed by atoms with Gasteiger partial charge in [0.05, 0.1) is 18.6 Å². The number of thioether (sulfide) groups is 1. The molecule has 1 aliphatic carbocycles. The van der Waals surface area contributed by atoms with Crippen LogP contribution in [0.3, 0.4) is 0 Å². The van der Waals surface area contributed by atoms with Crippen molar-refractivity contribution in [1.82, 2.24) is 9.97 Å². The van der Waals surface area contributed by atoms with Gasteiger partial charge in [-0.3, -0.25) is 4.90 Å². The molecule has 3 fully saturated rings. The molecular formula is C21H30F2N4O3S. The van der Waals surface area contributed by atoms with Gasteiger partial charge >= 0.3 is 6.09 Å². The third kappa shape index (κ3) is 4.89. The van der Waals surface area contributed by atoms with Gasteiger partial charge in [0, 0.05) is 38.0 Å². The summed E-state index contributed by atoms with van der Waals surface area (Å²) in [5.74, 6) is -1.54. The summed E-state index contributed by atoms with van der Waals surface area (Å²) in [7, 11) is 0. The van der Waals surface area contributed by atoms with Gasteiger partial charge in [-0.2, -0.15) is 0 Å². The molecule has 0 unspecified atom stereocenters. The number of halogens is 2. The molecule has 2 aliphatic heterocycles. The average Bonchev–Trinajstić information content (AvgIpc) is 2.59. The van der Waals surface area contributed by atoms with E-state index in [1.807, 2.05) is 6.26 Å². The molecule has 10 heteroatoms. The maximum Gasteiger partial charge on any atom is 0.416 e. The number of ether oxygens (including phenoxy) is 2. The van der Waals surface area contributed by atoms with Crippen molar-refractivity contribution in [3.63, 3.8) is 0 Å². The summed E-state index contributed by atoms with van der Waals surface area (Å²) in [6, 6.07) is 1.39. The summed E-state index contributed by atoms with van der Waals surface area (Å²) in [4.78, 5) is 26.0. The molecule has 1 amide bonds. The Labute approximate surface area is 185 Å². The standard InChI is InChI=1S/C21H30F2N4O3S/c1-19(2,3)30-18(28)27(14-5-7-21(22,23)8-6-14)16-9-15(24-17(25-16)31-4)26-10-20(11-26)12-29-13-20/h9,14H,5-8,10-13H2,1-4H3. The number of hydrogen-bond donors (Lipinski definition) is 0. The van der Waals surface area contributed by atoms with E-state index < -0.39 is 23.7 Å². The number of carbonyl (C=O) groups is 1. The van der Waals surface area contributed by atoms with Crippen molar-refractivity contribution in [1.29, 1.82) is 0 Å². The molecule has 1 saturated carbocycles. The van der Waals surface area contributed by atoms with Crippen LogP contribution in [0.25, 0.3) is 0 Å². The predicted octanol–water partition coefficient (Wildman–Crippen LogP) is 4.35. The zero-order valence-electron chi connectivity index (χ0n) is 18.5. The zero-order chi connectivity index (χ0) is 22.4. The minimum Gasteiger partial charge on any atom is -0.443 e. The molecule has 0 radical (unpaired) electrons. The molecule has 3 aliphatic rings. The third-order valence-corrected chi connectivity index (χ3v) is 6.49. The van der Waals surface area contributed by atoms with Crippen molar-refractivity contribution in [2.75, 3.05) is 42.4 Å². The molecule has 1 aromatic rings. The second-order valence-electron chi connectivity index (χ2n) is 9.86. The van der Waals surface area contributed by atoms with Crippen LogP contribution in [-0.2, 0) is 9.47 Å². The molecule has 1 aromatic heterocycles. The Morgan fingerprint density at radius 2 is 1.90 bits per heavy atom. The van der Waals surface area contributed by atoms with Crippen molar-refractivity contribution >= 4 is 29.5 Å². The highest BCUT2D eigenvalue weighted by molar-refractivity contribution is 7.98. The van der Waals surface area contributed by atoms with E-state index >= 15 is 0 Å². The van der Waals surface area contributed by atoms with Crippen LogP contribution in [0.4, 0.5) is 25.2 Å². The Morgan fingerprint density at radius 1 is 1.26 bits per heavy atom. The number of anilines is 2. The second-order valence-corrected chi connectivity index (χ2v) is 10.6. The van der Waals surface area contributed by atoms with E-state index in [1.165, 1.54) is 16.7 Å². The van der Waals surface area contributed by atoms with Crippen LogP contribution in [0.15, 0.2) is 11.2 Å². The van der Waals surface area contributed by atoms with E-state index in [-0.39, 0.29) is 31.1 Å². The molecule has 31 heavy (non-hydrogen) atoms. The first-order valence-electron chi connectivity index (χ1n) is 10.7. The minimum absolute atomic E-state index is 0.199. The van der Waals surface area contributed by atoms with Crippen LogP contribution in [0.2, 0.25) is 0 Å². The lowest BCUT2D eigenvalue weighted by molar-refractivity contribution is -0.127. The fourth-order valence-electron chi connectivity index (χ4n) is 4.30. The van der Waals surface area contributed by atoms with Crippen LogP contribution in [0, 0.1) is 5.41 Å². The maximum absolute atomic E-state index is 13.8. The number of carbonyl (C=O) groups excluding carboxylic acids is 1. The number of amides is 1. The monoisotopic (exact) mass is 456 g/mol. The Kier molecular flexibility index (Phi) is 5.83. The van der Waals surface area contributed by atoms with Gasteiger partial charge in [0.15, 0.2) is 5.16 Å². The molecule has 2 saturated heterocycles. The summed E-state index contributed by atoms with van der Waals surface area (Å²) >= 11 is 1.39.